The minimum atomic E-state index is -4.49. The van der Waals surface area contributed by atoms with Gasteiger partial charge in [0.25, 0.3) is 5.91 Å². The van der Waals surface area contributed by atoms with Gasteiger partial charge in [-0.15, -0.1) is 0 Å². The molecule has 2 aromatic carbocycles. The van der Waals surface area contributed by atoms with Gasteiger partial charge in [0, 0.05) is 24.3 Å². The average Bonchev–Trinajstić information content (AvgIpc) is 3.17. The van der Waals surface area contributed by atoms with E-state index in [0.717, 1.165) is 42.0 Å². The number of aryl methyl sites for hydroxylation is 1. The Morgan fingerprint density at radius 2 is 1.89 bits per heavy atom. The zero-order valence-corrected chi connectivity index (χ0v) is 14.9. The van der Waals surface area contributed by atoms with E-state index in [2.05, 4.69) is 21.5 Å². The van der Waals surface area contributed by atoms with Gasteiger partial charge in [0.1, 0.15) is 0 Å². The van der Waals surface area contributed by atoms with Gasteiger partial charge in [-0.05, 0) is 61.2 Å². The van der Waals surface area contributed by atoms with Crippen molar-refractivity contribution in [2.45, 2.75) is 25.9 Å². The number of nitrogens with zero attached hydrogens (tertiary/aromatic N) is 2. The van der Waals surface area contributed by atoms with Crippen LogP contribution in [0.15, 0.2) is 47.6 Å². The molecule has 0 bridgehead atoms. The molecule has 7 heteroatoms. The molecule has 1 heterocycles. The summed E-state index contributed by atoms with van der Waals surface area (Å²) in [7, 11) is 0. The van der Waals surface area contributed by atoms with E-state index in [4.69, 9.17) is 0 Å². The number of anilines is 1. The Morgan fingerprint density at radius 1 is 1.15 bits per heavy atom. The van der Waals surface area contributed by atoms with Crippen molar-refractivity contribution in [2.75, 3.05) is 18.0 Å². The van der Waals surface area contributed by atoms with E-state index in [1.165, 1.54) is 31.2 Å². The molecule has 1 aliphatic heterocycles. The Morgan fingerprint density at radius 3 is 2.56 bits per heavy atom. The molecular formula is C20H20F3N3O. The highest BCUT2D eigenvalue weighted by atomic mass is 19.4. The number of alkyl halides is 3. The molecule has 0 aromatic heterocycles. The topological polar surface area (TPSA) is 44.7 Å². The van der Waals surface area contributed by atoms with Crippen molar-refractivity contribution in [2.24, 2.45) is 5.10 Å². The quantitative estimate of drug-likeness (QED) is 0.637. The highest BCUT2D eigenvalue weighted by Crippen LogP contribution is 2.29. The Hall–Kier alpha value is -2.83. The van der Waals surface area contributed by atoms with Crippen molar-refractivity contribution < 1.29 is 18.0 Å². The van der Waals surface area contributed by atoms with Crippen LogP contribution >= 0.6 is 0 Å². The van der Waals surface area contributed by atoms with E-state index in [0.29, 0.717) is 0 Å². The molecule has 0 atom stereocenters. The number of hydrogen-bond acceptors (Lipinski definition) is 3. The lowest BCUT2D eigenvalue weighted by Crippen LogP contribution is -2.19. The standard InChI is InChI=1S/C20H20F3N3O/c1-14-11-18(26-9-2-3-10-26)8-7-16(14)13-24-25-19(27)15-5-4-6-17(12-15)20(21,22)23/h4-8,11-13H,2-3,9-10H2,1H3,(H,25,27). The van der Waals surface area contributed by atoms with Gasteiger partial charge >= 0.3 is 6.18 Å². The molecule has 2 aromatic rings. The zero-order chi connectivity index (χ0) is 19.4. The fourth-order valence-electron chi connectivity index (χ4n) is 3.04. The molecule has 27 heavy (non-hydrogen) atoms. The second-order valence-electron chi connectivity index (χ2n) is 6.51. The highest BCUT2D eigenvalue weighted by Gasteiger charge is 2.30. The molecule has 1 saturated heterocycles. The van der Waals surface area contributed by atoms with Crippen LogP contribution in [0, 0.1) is 6.92 Å². The molecule has 0 aliphatic carbocycles. The first kappa shape index (κ1) is 18.9. The summed E-state index contributed by atoms with van der Waals surface area (Å²) in [6, 6.07) is 10.2. The van der Waals surface area contributed by atoms with Crippen molar-refractivity contribution in [3.8, 4) is 0 Å². The lowest BCUT2D eigenvalue weighted by molar-refractivity contribution is -0.137. The van der Waals surface area contributed by atoms with Crippen molar-refractivity contribution in [1.29, 1.82) is 0 Å². The third-order valence-corrected chi connectivity index (χ3v) is 4.55. The van der Waals surface area contributed by atoms with Crippen LogP contribution in [0.1, 0.15) is 39.9 Å². The summed E-state index contributed by atoms with van der Waals surface area (Å²) in [6.45, 7) is 4.06. The first-order valence-electron chi connectivity index (χ1n) is 8.71. The fourth-order valence-corrected chi connectivity index (χ4v) is 3.04. The summed E-state index contributed by atoms with van der Waals surface area (Å²) in [5.41, 5.74) is 4.32. The van der Waals surface area contributed by atoms with Crippen molar-refractivity contribution in [3.05, 3.63) is 64.7 Å². The number of hydrogen-bond donors (Lipinski definition) is 1. The van der Waals surface area contributed by atoms with E-state index >= 15 is 0 Å². The zero-order valence-electron chi connectivity index (χ0n) is 14.9. The van der Waals surface area contributed by atoms with Crippen LogP contribution in [-0.4, -0.2) is 25.2 Å². The van der Waals surface area contributed by atoms with Crippen LogP contribution in [0.5, 0.6) is 0 Å². The maximum absolute atomic E-state index is 12.7. The number of halogens is 3. The maximum Gasteiger partial charge on any atom is 0.416 e. The van der Waals surface area contributed by atoms with Crippen LogP contribution in [-0.2, 0) is 6.18 Å². The van der Waals surface area contributed by atoms with Crippen molar-refractivity contribution in [1.82, 2.24) is 5.43 Å². The van der Waals surface area contributed by atoms with Gasteiger partial charge in [0.2, 0.25) is 0 Å². The fraction of sp³-hybridized carbons (Fsp3) is 0.300. The number of carbonyl (C=O) groups excluding carboxylic acids is 1. The van der Waals surface area contributed by atoms with Gasteiger partial charge in [0.15, 0.2) is 0 Å². The van der Waals surface area contributed by atoms with Gasteiger partial charge in [-0.1, -0.05) is 12.1 Å². The summed E-state index contributed by atoms with van der Waals surface area (Å²) >= 11 is 0. The third-order valence-electron chi connectivity index (χ3n) is 4.55. The van der Waals surface area contributed by atoms with Crippen molar-refractivity contribution >= 4 is 17.8 Å². The van der Waals surface area contributed by atoms with Gasteiger partial charge in [-0.2, -0.15) is 18.3 Å². The summed E-state index contributed by atoms with van der Waals surface area (Å²) < 4.78 is 38.2. The van der Waals surface area contributed by atoms with E-state index in [1.54, 1.807) is 0 Å². The number of rotatable bonds is 4. The molecule has 4 nitrogen and oxygen atoms in total. The third kappa shape index (κ3) is 4.67. The Bertz CT molecular complexity index is 856. The minimum Gasteiger partial charge on any atom is -0.372 e. The second kappa shape index (κ2) is 7.82. The van der Waals surface area contributed by atoms with Crippen LogP contribution in [0.25, 0.3) is 0 Å². The Balaban J connectivity index is 1.66. The normalized spacial score (nSPS) is 14.7. The molecule has 0 radical (unpaired) electrons. The summed E-state index contributed by atoms with van der Waals surface area (Å²) in [5.74, 6) is -0.691. The predicted molar refractivity (Wildman–Crippen MR) is 99.1 cm³/mol. The number of hydrazone groups is 1. The number of carbonyl (C=O) groups is 1. The lowest BCUT2D eigenvalue weighted by Gasteiger charge is -2.18. The van der Waals surface area contributed by atoms with Crippen LogP contribution in [0.4, 0.5) is 18.9 Å². The summed E-state index contributed by atoms with van der Waals surface area (Å²) in [6.07, 6.45) is -0.601. The van der Waals surface area contributed by atoms with Crippen LogP contribution in [0.2, 0.25) is 0 Å². The maximum atomic E-state index is 12.7. The van der Waals surface area contributed by atoms with Gasteiger partial charge in [-0.3, -0.25) is 4.79 Å². The molecule has 142 valence electrons. The van der Waals surface area contributed by atoms with E-state index < -0.39 is 17.6 Å². The molecule has 1 N–H and O–H groups in total. The molecule has 1 amide bonds. The minimum absolute atomic E-state index is 0.0944. The monoisotopic (exact) mass is 375 g/mol. The summed E-state index contributed by atoms with van der Waals surface area (Å²) in [5, 5.41) is 3.88. The molecule has 3 rings (SSSR count). The Labute approximate surface area is 155 Å². The molecule has 0 unspecified atom stereocenters. The predicted octanol–water partition coefficient (Wildman–Crippen LogP) is 4.38. The number of benzene rings is 2. The molecular weight excluding hydrogens is 355 g/mol. The van der Waals surface area contributed by atoms with Crippen LogP contribution < -0.4 is 10.3 Å². The lowest BCUT2D eigenvalue weighted by atomic mass is 10.1. The van der Waals surface area contributed by atoms with Crippen molar-refractivity contribution in [3.63, 3.8) is 0 Å². The van der Waals surface area contributed by atoms with Crippen LogP contribution in [0.3, 0.4) is 0 Å². The Kier molecular flexibility index (Phi) is 5.48. The average molecular weight is 375 g/mol. The molecule has 1 fully saturated rings. The van der Waals surface area contributed by atoms with Gasteiger partial charge in [0.05, 0.1) is 11.8 Å². The molecule has 0 spiro atoms. The smallest absolute Gasteiger partial charge is 0.372 e. The van der Waals surface area contributed by atoms with Gasteiger partial charge < -0.3 is 4.90 Å². The van der Waals surface area contributed by atoms with Gasteiger partial charge in [-0.25, -0.2) is 5.43 Å². The second-order valence-corrected chi connectivity index (χ2v) is 6.51. The number of amides is 1. The largest absolute Gasteiger partial charge is 0.416 e. The highest BCUT2D eigenvalue weighted by molar-refractivity contribution is 5.95. The molecule has 0 saturated carbocycles. The molecule has 1 aliphatic rings. The summed E-state index contributed by atoms with van der Waals surface area (Å²) in [4.78, 5) is 14.4. The first-order valence-corrected chi connectivity index (χ1v) is 8.71. The number of nitrogens with one attached hydrogen (secondary N) is 1. The first-order chi connectivity index (χ1) is 12.8. The van der Waals surface area contributed by atoms with E-state index in [9.17, 15) is 18.0 Å². The van der Waals surface area contributed by atoms with E-state index in [1.807, 2.05) is 19.1 Å². The SMILES string of the molecule is Cc1cc(N2CCCC2)ccc1C=NNC(=O)c1cccc(C(F)(F)F)c1. The van der Waals surface area contributed by atoms with E-state index in [-0.39, 0.29) is 5.56 Å².